The van der Waals surface area contributed by atoms with Crippen molar-refractivity contribution >= 4 is 22.5 Å². The molecular weight excluding hydrogens is 589 g/mol. The highest BCUT2D eigenvalue weighted by molar-refractivity contribution is 5.93. The average molecular weight is 605 g/mol. The smallest absolute Gasteiger partial charge is 0.258 e. The van der Waals surface area contributed by atoms with E-state index in [-0.39, 0.29) is 56.7 Å². The van der Waals surface area contributed by atoms with Gasteiger partial charge in [-0.2, -0.15) is 33.4 Å². The second-order valence-corrected chi connectivity index (χ2v) is 10.0. The molecule has 2 aliphatic carbocycles. The Bertz CT molecular complexity index is 2210. The summed E-state index contributed by atoms with van der Waals surface area (Å²) >= 11 is 0. The number of nitro benzene ring substituents is 2. The minimum absolute atomic E-state index is 0.0294. The monoisotopic (exact) mass is 604 g/mol. The normalized spacial score (nSPS) is 13.2. The Hall–Kier alpha value is -6.57. The first-order valence-electron chi connectivity index (χ1n) is 12.9. The van der Waals surface area contributed by atoms with Crippen LogP contribution < -0.4 is 10.4 Å². The summed E-state index contributed by atoms with van der Waals surface area (Å²) in [5.74, 6) is -0.287. The highest BCUT2D eigenvalue weighted by Crippen LogP contribution is 2.44. The van der Waals surface area contributed by atoms with Crippen LogP contribution in [-0.4, -0.2) is 16.0 Å². The molecule has 0 spiro atoms. The molecule has 0 aromatic heterocycles. The lowest BCUT2D eigenvalue weighted by Crippen LogP contribution is -2.27. The van der Waals surface area contributed by atoms with Gasteiger partial charge >= 0.3 is 12.0 Å². The summed E-state index contributed by atoms with van der Waals surface area (Å²) in [6, 6.07) is 13.1. The SMILES string of the molecule is [C-]#[N+]C([N+]#[C-])=C1Cc2c(-c3ccc([N+](=O)[O-])cc3)c3c(c(-c4ccc([N+](=O)[O-])cc4)c2=C1C)CC(=C(C#N)C#N)C=3C(F)(F)F. The number of nitriles is 2. The van der Waals surface area contributed by atoms with Crippen LogP contribution in [0.25, 0.3) is 43.1 Å². The van der Waals surface area contributed by atoms with E-state index in [2.05, 4.69) is 9.69 Å². The van der Waals surface area contributed by atoms with Crippen LogP contribution in [0.2, 0.25) is 0 Å². The topological polar surface area (TPSA) is 143 Å². The van der Waals surface area contributed by atoms with Crippen LogP contribution in [0.5, 0.6) is 0 Å². The second kappa shape index (κ2) is 10.9. The zero-order chi connectivity index (χ0) is 32.8. The molecule has 3 aromatic rings. The van der Waals surface area contributed by atoms with Gasteiger partial charge in [-0.3, -0.25) is 20.2 Å². The van der Waals surface area contributed by atoms with Gasteiger partial charge in [0.2, 0.25) is 0 Å². The zero-order valence-corrected chi connectivity index (χ0v) is 23.0. The highest BCUT2D eigenvalue weighted by atomic mass is 19.4. The number of fused-ring (bicyclic) bond motifs is 2. The Labute approximate surface area is 252 Å². The number of non-ortho nitro benzene ring substituents is 2. The largest absolute Gasteiger partial charge is 0.523 e. The Morgan fingerprint density at radius 1 is 0.800 bits per heavy atom. The van der Waals surface area contributed by atoms with Crippen molar-refractivity contribution in [1.29, 1.82) is 10.5 Å². The molecule has 2 aliphatic rings. The summed E-state index contributed by atoms with van der Waals surface area (Å²) in [7, 11) is 0. The molecule has 10 nitrogen and oxygen atoms in total. The summed E-state index contributed by atoms with van der Waals surface area (Å²) in [6.45, 7) is 16.7. The number of alkyl halides is 3. The number of nitrogens with zero attached hydrogens (tertiary/aromatic N) is 6. The second-order valence-electron chi connectivity index (χ2n) is 10.0. The number of benzene rings is 3. The quantitative estimate of drug-likeness (QED) is 0.150. The van der Waals surface area contributed by atoms with Gasteiger partial charge in [-0.1, -0.05) is 0 Å². The molecule has 0 bridgehead atoms. The van der Waals surface area contributed by atoms with E-state index in [1.165, 1.54) is 36.4 Å². The molecule has 0 N–H and O–H groups in total. The van der Waals surface area contributed by atoms with E-state index < -0.39 is 39.2 Å². The van der Waals surface area contributed by atoms with Crippen molar-refractivity contribution in [2.75, 3.05) is 0 Å². The summed E-state index contributed by atoms with van der Waals surface area (Å²) < 4.78 is 45.2. The van der Waals surface area contributed by atoms with Crippen molar-refractivity contribution in [2.45, 2.75) is 25.9 Å². The molecule has 5 rings (SSSR count). The van der Waals surface area contributed by atoms with Crippen molar-refractivity contribution in [3.8, 4) is 34.4 Å². The van der Waals surface area contributed by atoms with Crippen LogP contribution in [0.3, 0.4) is 0 Å². The van der Waals surface area contributed by atoms with Gasteiger partial charge in [0.15, 0.2) is 0 Å². The first-order chi connectivity index (χ1) is 21.4. The Kier molecular flexibility index (Phi) is 7.26. The fourth-order valence-corrected chi connectivity index (χ4v) is 6.00. The van der Waals surface area contributed by atoms with E-state index in [0.717, 1.165) is 12.1 Å². The van der Waals surface area contributed by atoms with E-state index in [0.29, 0.717) is 21.9 Å². The van der Waals surface area contributed by atoms with Gasteiger partial charge in [0.25, 0.3) is 11.4 Å². The van der Waals surface area contributed by atoms with Gasteiger partial charge in [0, 0.05) is 30.7 Å². The summed E-state index contributed by atoms with van der Waals surface area (Å²) in [6.07, 6.45) is -5.69. The molecule has 0 radical (unpaired) electrons. The Morgan fingerprint density at radius 3 is 1.62 bits per heavy atom. The third-order valence-electron chi connectivity index (χ3n) is 7.82. The molecular formula is C32H15F3N6O4. The average Bonchev–Trinajstić information content (AvgIpc) is 3.56. The summed E-state index contributed by atoms with van der Waals surface area (Å²) in [5.41, 5.74) is -1.25. The number of nitro groups is 2. The van der Waals surface area contributed by atoms with Gasteiger partial charge in [-0.25, -0.2) is 0 Å². The standard InChI is InChI=1S/C32H15F3N6O4/c1-16-22(31(38-2)39-3)12-24-26(16)27(17-4-8-20(9-5-17)40(42)43)25-13-23(19(14-36)15-37)30(32(33,34)35)29(25)28(24)18-6-10-21(11-7-18)41(44)45/h4-11H,12-13H2,1H3. The van der Waals surface area contributed by atoms with Crippen LogP contribution in [0.4, 0.5) is 24.5 Å². The molecule has 3 aromatic carbocycles. The maximum Gasteiger partial charge on any atom is 0.523 e. The maximum absolute atomic E-state index is 15.1. The molecule has 0 saturated carbocycles. The van der Waals surface area contributed by atoms with Crippen molar-refractivity contribution in [3.05, 3.63) is 136 Å². The maximum atomic E-state index is 15.1. The van der Waals surface area contributed by atoms with E-state index in [4.69, 9.17) is 13.1 Å². The molecule has 0 unspecified atom stereocenters. The number of hydrogen-bond donors (Lipinski definition) is 0. The molecule has 0 heterocycles. The molecule has 0 amide bonds. The lowest BCUT2D eigenvalue weighted by atomic mass is 9.86. The van der Waals surface area contributed by atoms with Crippen molar-refractivity contribution in [3.63, 3.8) is 0 Å². The van der Waals surface area contributed by atoms with Gasteiger partial charge in [0.1, 0.15) is 30.9 Å². The third kappa shape index (κ3) is 4.75. The van der Waals surface area contributed by atoms with Crippen molar-refractivity contribution in [1.82, 2.24) is 0 Å². The van der Waals surface area contributed by atoms with E-state index in [9.17, 15) is 30.8 Å². The van der Waals surface area contributed by atoms with Crippen LogP contribution in [-0.2, 0) is 12.8 Å². The molecule has 218 valence electrons. The van der Waals surface area contributed by atoms with Crippen LogP contribution >= 0.6 is 0 Å². The lowest BCUT2D eigenvalue weighted by Gasteiger charge is -2.17. The summed E-state index contributed by atoms with van der Waals surface area (Å²) in [5, 5.41) is 42.1. The highest BCUT2D eigenvalue weighted by Gasteiger charge is 2.44. The van der Waals surface area contributed by atoms with Crippen molar-refractivity contribution in [2.24, 2.45) is 0 Å². The summed E-state index contributed by atoms with van der Waals surface area (Å²) in [4.78, 5) is 28.1. The van der Waals surface area contributed by atoms with Gasteiger partial charge in [-0.05, 0) is 92.6 Å². The van der Waals surface area contributed by atoms with E-state index in [1.807, 2.05) is 0 Å². The predicted octanol–water partition coefficient (Wildman–Crippen LogP) is 6.23. The van der Waals surface area contributed by atoms with E-state index in [1.54, 1.807) is 19.1 Å². The zero-order valence-electron chi connectivity index (χ0n) is 23.0. The van der Waals surface area contributed by atoms with E-state index >= 15 is 13.2 Å². The molecule has 0 atom stereocenters. The van der Waals surface area contributed by atoms with Crippen LogP contribution in [0.15, 0.2) is 71.1 Å². The fraction of sp³-hybridized carbons (Fsp3) is 0.125. The number of hydrogen-bond acceptors (Lipinski definition) is 6. The Morgan fingerprint density at radius 2 is 1.22 bits per heavy atom. The Balaban J connectivity index is 2.11. The first-order valence-corrected chi connectivity index (χ1v) is 12.9. The first kappa shape index (κ1) is 29.9. The third-order valence-corrected chi connectivity index (χ3v) is 7.82. The minimum atomic E-state index is -5.07. The molecule has 45 heavy (non-hydrogen) atoms. The van der Waals surface area contributed by atoms with Crippen molar-refractivity contribution < 1.29 is 23.0 Å². The van der Waals surface area contributed by atoms with Crippen LogP contribution in [0, 0.1) is 56.0 Å². The molecule has 0 saturated heterocycles. The van der Waals surface area contributed by atoms with Crippen LogP contribution in [0.1, 0.15) is 18.1 Å². The predicted molar refractivity (Wildman–Crippen MR) is 154 cm³/mol. The lowest BCUT2D eigenvalue weighted by molar-refractivity contribution is -0.385. The molecule has 0 aliphatic heterocycles. The van der Waals surface area contributed by atoms with Gasteiger partial charge in [0.05, 0.1) is 21.0 Å². The van der Waals surface area contributed by atoms with Gasteiger partial charge in [-0.15, -0.1) is 0 Å². The minimum Gasteiger partial charge on any atom is -0.258 e. The molecule has 13 heteroatoms. The molecule has 0 fully saturated rings. The number of allylic oxidation sites excluding steroid dienone is 3. The number of rotatable bonds is 4. The number of halogens is 3. The van der Waals surface area contributed by atoms with Gasteiger partial charge < -0.3 is 0 Å². The fourth-order valence-electron chi connectivity index (χ4n) is 6.00.